The van der Waals surface area contributed by atoms with Gasteiger partial charge in [-0.05, 0) is 55.9 Å². The van der Waals surface area contributed by atoms with Gasteiger partial charge in [0.25, 0.3) is 0 Å². The molecule has 1 aromatic carbocycles. The van der Waals surface area contributed by atoms with Crippen molar-refractivity contribution in [3.05, 3.63) is 53.2 Å². The monoisotopic (exact) mass is 351 g/mol. The van der Waals surface area contributed by atoms with Gasteiger partial charge in [0, 0.05) is 28.3 Å². The molecule has 1 aromatic heterocycles. The van der Waals surface area contributed by atoms with Crippen LogP contribution in [0.15, 0.2) is 42.6 Å². The summed E-state index contributed by atoms with van der Waals surface area (Å²) < 4.78 is 0. The van der Waals surface area contributed by atoms with Crippen LogP contribution >= 0.6 is 11.6 Å². The minimum absolute atomic E-state index is 0.564. The van der Waals surface area contributed by atoms with Crippen molar-refractivity contribution in [1.82, 2.24) is 4.98 Å². The van der Waals surface area contributed by atoms with Crippen LogP contribution in [0.25, 0.3) is 11.3 Å². The highest BCUT2D eigenvalue weighted by Gasteiger charge is 2.19. The SMILES string of the molecule is CCCCC1CCC(C#Cc2ccc(-c3ccc(Cl)cc3)nc2)CC1. The van der Waals surface area contributed by atoms with E-state index in [0.29, 0.717) is 5.92 Å². The number of benzene rings is 1. The Morgan fingerprint density at radius 3 is 2.44 bits per heavy atom. The highest BCUT2D eigenvalue weighted by Crippen LogP contribution is 2.31. The summed E-state index contributed by atoms with van der Waals surface area (Å²) in [7, 11) is 0. The Hall–Kier alpha value is -1.78. The fourth-order valence-corrected chi connectivity index (χ4v) is 3.66. The third kappa shape index (κ3) is 5.35. The summed E-state index contributed by atoms with van der Waals surface area (Å²) in [5.41, 5.74) is 3.04. The van der Waals surface area contributed by atoms with Gasteiger partial charge in [0.2, 0.25) is 0 Å². The van der Waals surface area contributed by atoms with Gasteiger partial charge in [0.15, 0.2) is 0 Å². The highest BCUT2D eigenvalue weighted by atomic mass is 35.5. The number of hydrogen-bond donors (Lipinski definition) is 0. The molecule has 0 aliphatic heterocycles. The van der Waals surface area contributed by atoms with E-state index >= 15 is 0 Å². The second-order valence-corrected chi connectivity index (χ2v) is 7.50. The van der Waals surface area contributed by atoms with Crippen LogP contribution in [0, 0.1) is 23.7 Å². The first-order valence-electron chi connectivity index (χ1n) is 9.48. The van der Waals surface area contributed by atoms with Crippen molar-refractivity contribution >= 4 is 11.6 Å². The predicted molar refractivity (Wildman–Crippen MR) is 107 cm³/mol. The van der Waals surface area contributed by atoms with Crippen molar-refractivity contribution in [3.8, 4) is 23.1 Å². The van der Waals surface area contributed by atoms with Crippen molar-refractivity contribution in [2.24, 2.45) is 11.8 Å². The van der Waals surface area contributed by atoms with Crippen LogP contribution in [0.4, 0.5) is 0 Å². The molecule has 1 saturated carbocycles. The molecule has 3 rings (SSSR count). The van der Waals surface area contributed by atoms with E-state index in [4.69, 9.17) is 11.6 Å². The first-order valence-corrected chi connectivity index (χ1v) is 9.86. The van der Waals surface area contributed by atoms with Crippen molar-refractivity contribution in [2.75, 3.05) is 0 Å². The molecule has 1 aliphatic rings. The average Bonchev–Trinajstić information content (AvgIpc) is 2.67. The minimum atomic E-state index is 0.564. The molecule has 0 N–H and O–H groups in total. The largest absolute Gasteiger partial charge is 0.255 e. The summed E-state index contributed by atoms with van der Waals surface area (Å²) in [6.45, 7) is 2.28. The lowest BCUT2D eigenvalue weighted by molar-refractivity contribution is 0.296. The molecule has 1 fully saturated rings. The van der Waals surface area contributed by atoms with E-state index in [9.17, 15) is 0 Å². The Labute approximate surface area is 156 Å². The lowest BCUT2D eigenvalue weighted by Crippen LogP contribution is -2.13. The van der Waals surface area contributed by atoms with Gasteiger partial charge >= 0.3 is 0 Å². The fourth-order valence-electron chi connectivity index (χ4n) is 3.53. The van der Waals surface area contributed by atoms with Gasteiger partial charge < -0.3 is 0 Å². The molecule has 1 heterocycles. The maximum absolute atomic E-state index is 5.93. The molecule has 2 heteroatoms. The van der Waals surface area contributed by atoms with Gasteiger partial charge in [-0.3, -0.25) is 4.98 Å². The second-order valence-electron chi connectivity index (χ2n) is 7.07. The minimum Gasteiger partial charge on any atom is -0.255 e. The molecule has 0 unspecified atom stereocenters. The maximum Gasteiger partial charge on any atom is 0.0702 e. The lowest BCUT2D eigenvalue weighted by Gasteiger charge is -2.25. The second kappa shape index (κ2) is 9.07. The topological polar surface area (TPSA) is 12.9 Å². The normalized spacial score (nSPS) is 19.9. The van der Waals surface area contributed by atoms with E-state index in [1.165, 1.54) is 44.9 Å². The molecule has 25 heavy (non-hydrogen) atoms. The third-order valence-corrected chi connectivity index (χ3v) is 5.39. The van der Waals surface area contributed by atoms with Gasteiger partial charge in [0.1, 0.15) is 0 Å². The van der Waals surface area contributed by atoms with Gasteiger partial charge in [-0.2, -0.15) is 0 Å². The first-order chi connectivity index (χ1) is 12.2. The van der Waals surface area contributed by atoms with Crippen LogP contribution in [0.1, 0.15) is 57.4 Å². The zero-order chi connectivity index (χ0) is 17.5. The van der Waals surface area contributed by atoms with E-state index < -0.39 is 0 Å². The van der Waals surface area contributed by atoms with Crippen LogP contribution in [-0.2, 0) is 0 Å². The molecule has 0 spiro atoms. The fraction of sp³-hybridized carbons (Fsp3) is 0.435. The van der Waals surface area contributed by atoms with Crippen LogP contribution in [0.5, 0.6) is 0 Å². The number of aromatic nitrogens is 1. The van der Waals surface area contributed by atoms with Crippen LogP contribution < -0.4 is 0 Å². The van der Waals surface area contributed by atoms with Crippen molar-refractivity contribution in [3.63, 3.8) is 0 Å². The number of pyridine rings is 1. The molecule has 1 nitrogen and oxygen atoms in total. The summed E-state index contributed by atoms with van der Waals surface area (Å²) in [6.07, 6.45) is 11.2. The van der Waals surface area contributed by atoms with E-state index in [1.54, 1.807) is 0 Å². The van der Waals surface area contributed by atoms with Crippen molar-refractivity contribution in [1.29, 1.82) is 0 Å². The number of hydrogen-bond acceptors (Lipinski definition) is 1. The quantitative estimate of drug-likeness (QED) is 0.555. The smallest absolute Gasteiger partial charge is 0.0702 e. The van der Waals surface area contributed by atoms with Gasteiger partial charge in [-0.15, -0.1) is 0 Å². The Morgan fingerprint density at radius 2 is 1.80 bits per heavy atom. The summed E-state index contributed by atoms with van der Waals surface area (Å²) in [6, 6.07) is 11.9. The Morgan fingerprint density at radius 1 is 1.04 bits per heavy atom. The molecule has 0 radical (unpaired) electrons. The summed E-state index contributed by atoms with van der Waals surface area (Å²) in [4.78, 5) is 4.54. The predicted octanol–water partition coefficient (Wildman–Crippen LogP) is 6.75. The number of nitrogens with zero attached hydrogens (tertiary/aromatic N) is 1. The average molecular weight is 352 g/mol. The van der Waals surface area contributed by atoms with Gasteiger partial charge in [0.05, 0.1) is 5.69 Å². The molecule has 130 valence electrons. The number of rotatable bonds is 4. The number of unbranched alkanes of at least 4 members (excludes halogenated alkanes) is 1. The van der Waals surface area contributed by atoms with E-state index in [-0.39, 0.29) is 0 Å². The highest BCUT2D eigenvalue weighted by molar-refractivity contribution is 6.30. The molecule has 1 aliphatic carbocycles. The Kier molecular flexibility index (Phi) is 6.54. The Balaban J connectivity index is 1.56. The van der Waals surface area contributed by atoms with Gasteiger partial charge in [-0.25, -0.2) is 0 Å². The third-order valence-electron chi connectivity index (χ3n) is 5.14. The first kappa shape index (κ1) is 18.0. The van der Waals surface area contributed by atoms with Crippen molar-refractivity contribution in [2.45, 2.75) is 51.9 Å². The van der Waals surface area contributed by atoms with Crippen LogP contribution in [-0.4, -0.2) is 4.98 Å². The van der Waals surface area contributed by atoms with Gasteiger partial charge in [-0.1, -0.05) is 61.8 Å². The zero-order valence-electron chi connectivity index (χ0n) is 15.0. The summed E-state index contributed by atoms with van der Waals surface area (Å²) in [5, 5.41) is 0.746. The van der Waals surface area contributed by atoms with Crippen LogP contribution in [0.3, 0.4) is 0 Å². The van der Waals surface area contributed by atoms with Crippen LogP contribution in [0.2, 0.25) is 5.02 Å². The molecule has 0 bridgehead atoms. The summed E-state index contributed by atoms with van der Waals surface area (Å²) >= 11 is 5.93. The Bertz CT molecular complexity index is 713. The van der Waals surface area contributed by atoms with E-state index in [0.717, 1.165) is 27.8 Å². The van der Waals surface area contributed by atoms with Crippen molar-refractivity contribution < 1.29 is 0 Å². The molecule has 0 saturated heterocycles. The molecule has 0 amide bonds. The standard InChI is InChI=1S/C23H26ClN/c1-2-3-4-18-5-7-19(8-6-18)9-10-20-11-16-23(25-17-20)21-12-14-22(24)15-13-21/h11-19H,2-8H2,1H3. The van der Waals surface area contributed by atoms with E-state index in [1.807, 2.05) is 36.5 Å². The molecular formula is C23H26ClN. The molecule has 2 aromatic rings. The summed E-state index contributed by atoms with van der Waals surface area (Å²) in [5.74, 6) is 8.31. The number of halogens is 1. The van der Waals surface area contributed by atoms with E-state index in [2.05, 4.69) is 29.8 Å². The maximum atomic E-state index is 5.93. The lowest BCUT2D eigenvalue weighted by atomic mass is 9.80. The molecular weight excluding hydrogens is 326 g/mol. The zero-order valence-corrected chi connectivity index (χ0v) is 15.7. The molecule has 0 atom stereocenters.